The quantitative estimate of drug-likeness (QED) is 0.546. The number of alkyl halides is 6. The number of hydrogen-bond acceptors (Lipinski definition) is 2. The van der Waals surface area contributed by atoms with Crippen LogP contribution >= 0.6 is 0 Å². The van der Waals surface area contributed by atoms with Gasteiger partial charge in [-0.05, 0) is 47.7 Å². The summed E-state index contributed by atoms with van der Waals surface area (Å²) in [6, 6.07) is 10.7. The molecule has 1 saturated carbocycles. The van der Waals surface area contributed by atoms with E-state index in [0.29, 0.717) is 18.4 Å². The molecule has 0 saturated heterocycles. The third-order valence-electron chi connectivity index (χ3n) is 5.77. The summed E-state index contributed by atoms with van der Waals surface area (Å²) in [5, 5.41) is 11.2. The Labute approximate surface area is 170 Å². The van der Waals surface area contributed by atoms with Crippen molar-refractivity contribution in [3.63, 3.8) is 0 Å². The van der Waals surface area contributed by atoms with Crippen LogP contribution in [-0.4, -0.2) is 29.7 Å². The molecule has 30 heavy (non-hydrogen) atoms. The molecule has 1 fully saturated rings. The minimum atomic E-state index is -5.91. The number of allylic oxidation sites excluding steroid dienone is 1. The van der Waals surface area contributed by atoms with Crippen LogP contribution in [0.4, 0.5) is 26.3 Å². The highest BCUT2D eigenvalue weighted by atomic mass is 19.4. The lowest BCUT2D eigenvalue weighted by atomic mass is 9.88. The van der Waals surface area contributed by atoms with Crippen LogP contribution in [0.15, 0.2) is 43.0 Å². The Balaban J connectivity index is 2.00. The van der Waals surface area contributed by atoms with Crippen LogP contribution in [-0.2, 0) is 10.3 Å². The van der Waals surface area contributed by atoms with Crippen LogP contribution < -0.4 is 0 Å². The van der Waals surface area contributed by atoms with Crippen molar-refractivity contribution in [3.05, 3.63) is 54.1 Å². The predicted molar refractivity (Wildman–Crippen MR) is 102 cm³/mol. The lowest BCUT2D eigenvalue weighted by Crippen LogP contribution is -2.60. The summed E-state index contributed by atoms with van der Waals surface area (Å²) in [5.41, 5.74) is -4.01. The summed E-state index contributed by atoms with van der Waals surface area (Å²) < 4.78 is 83.7. The average molecular weight is 432 g/mol. The van der Waals surface area contributed by atoms with E-state index in [4.69, 9.17) is 4.74 Å². The Morgan fingerprint density at radius 3 is 2.17 bits per heavy atom. The van der Waals surface area contributed by atoms with Crippen molar-refractivity contribution in [2.45, 2.75) is 56.2 Å². The highest BCUT2D eigenvalue weighted by molar-refractivity contribution is 5.93. The van der Waals surface area contributed by atoms with Crippen LogP contribution in [0, 0.1) is 0 Å². The minimum absolute atomic E-state index is 0.268. The molecule has 1 aliphatic rings. The minimum Gasteiger partial charge on any atom is -0.372 e. The summed E-state index contributed by atoms with van der Waals surface area (Å²) in [6.07, 6.45) is -10.1. The van der Waals surface area contributed by atoms with E-state index >= 15 is 0 Å². The molecule has 0 radical (unpaired) electrons. The van der Waals surface area contributed by atoms with Gasteiger partial charge in [-0.15, -0.1) is 0 Å². The van der Waals surface area contributed by atoms with Crippen LogP contribution in [0.2, 0.25) is 0 Å². The van der Waals surface area contributed by atoms with Crippen molar-refractivity contribution in [3.8, 4) is 0 Å². The zero-order valence-corrected chi connectivity index (χ0v) is 16.3. The Bertz CT molecular complexity index is 925. The molecule has 3 rings (SSSR count). The van der Waals surface area contributed by atoms with E-state index in [1.165, 1.54) is 0 Å². The van der Waals surface area contributed by atoms with Gasteiger partial charge in [0, 0.05) is 0 Å². The molecule has 2 nitrogen and oxygen atoms in total. The molecule has 2 aromatic carbocycles. The van der Waals surface area contributed by atoms with Gasteiger partial charge >= 0.3 is 12.4 Å². The van der Waals surface area contributed by atoms with Gasteiger partial charge in [0.05, 0.1) is 12.2 Å². The summed E-state index contributed by atoms with van der Waals surface area (Å²) >= 11 is 0. The largest absolute Gasteiger partial charge is 0.428 e. The van der Waals surface area contributed by atoms with Crippen LogP contribution in [0.25, 0.3) is 16.3 Å². The fourth-order valence-electron chi connectivity index (χ4n) is 3.97. The molecule has 0 aliphatic heterocycles. The second-order valence-electron chi connectivity index (χ2n) is 7.87. The molecule has 0 bridgehead atoms. The van der Waals surface area contributed by atoms with E-state index < -0.39 is 30.2 Å². The van der Waals surface area contributed by atoms with Crippen molar-refractivity contribution in [2.75, 3.05) is 6.61 Å². The van der Waals surface area contributed by atoms with Gasteiger partial charge < -0.3 is 9.84 Å². The first-order chi connectivity index (χ1) is 13.8. The second kappa shape index (κ2) is 7.57. The number of benzene rings is 2. The van der Waals surface area contributed by atoms with Gasteiger partial charge in [0.2, 0.25) is 0 Å². The highest BCUT2D eigenvalue weighted by Crippen LogP contribution is 2.48. The average Bonchev–Trinajstić information content (AvgIpc) is 3.13. The molecule has 0 amide bonds. The van der Waals surface area contributed by atoms with E-state index in [2.05, 4.69) is 6.58 Å². The van der Waals surface area contributed by atoms with E-state index in [0.717, 1.165) is 21.9 Å². The molecule has 0 unspecified atom stereocenters. The molecule has 8 heteroatoms. The number of ether oxygens (including phenoxy) is 1. The maximum Gasteiger partial charge on any atom is 0.428 e. The van der Waals surface area contributed by atoms with Gasteiger partial charge in [-0.3, -0.25) is 0 Å². The zero-order chi connectivity index (χ0) is 22.4. The van der Waals surface area contributed by atoms with Gasteiger partial charge in [0.15, 0.2) is 0 Å². The first kappa shape index (κ1) is 22.6. The molecule has 2 aromatic rings. The van der Waals surface area contributed by atoms with Crippen molar-refractivity contribution in [1.82, 2.24) is 0 Å². The Hall–Kier alpha value is -2.06. The van der Waals surface area contributed by atoms with Crippen molar-refractivity contribution < 1.29 is 36.2 Å². The molecule has 1 aliphatic carbocycles. The van der Waals surface area contributed by atoms with Crippen LogP contribution in [0.3, 0.4) is 0 Å². The van der Waals surface area contributed by atoms with Gasteiger partial charge in [-0.25, -0.2) is 0 Å². The first-order valence-corrected chi connectivity index (χ1v) is 9.50. The lowest BCUT2D eigenvalue weighted by Gasteiger charge is -2.37. The first-order valence-electron chi connectivity index (χ1n) is 9.50. The van der Waals surface area contributed by atoms with E-state index in [-0.39, 0.29) is 12.8 Å². The highest BCUT2D eigenvalue weighted by Gasteiger charge is 2.71. The normalized spacial score (nSPS) is 17.5. The number of fused-ring (bicyclic) bond motifs is 1. The monoisotopic (exact) mass is 432 g/mol. The summed E-state index contributed by atoms with van der Waals surface area (Å²) in [7, 11) is 0. The molecule has 164 valence electrons. The van der Waals surface area contributed by atoms with Crippen molar-refractivity contribution in [2.24, 2.45) is 0 Å². The molecule has 1 N–H and O–H groups in total. The molecule has 0 spiro atoms. The maximum absolute atomic E-state index is 13.1. The summed E-state index contributed by atoms with van der Waals surface area (Å²) in [6.45, 7) is 3.86. The molecule has 0 atom stereocenters. The van der Waals surface area contributed by atoms with Crippen LogP contribution in [0.5, 0.6) is 0 Å². The standard InChI is InChI=1S/C22H22F6O2/c1-14(2)17-7-5-6-15-12-16(8-9-18(15)17)19(10-3-4-11-19)30-13-20(29,21(23,24)25)22(26,27)28/h5-9,12,29H,1,3-4,10-11,13H2,2H3. The molecule has 0 heterocycles. The Morgan fingerprint density at radius 1 is 1.03 bits per heavy atom. The van der Waals surface area contributed by atoms with Crippen molar-refractivity contribution in [1.29, 1.82) is 0 Å². The summed E-state index contributed by atoms with van der Waals surface area (Å²) in [5.74, 6) is 0. The second-order valence-corrected chi connectivity index (χ2v) is 7.87. The zero-order valence-electron chi connectivity index (χ0n) is 16.3. The van der Waals surface area contributed by atoms with Gasteiger partial charge in [-0.2, -0.15) is 26.3 Å². The number of rotatable bonds is 5. The number of aliphatic hydroxyl groups is 1. The van der Waals surface area contributed by atoms with E-state index in [1.807, 2.05) is 25.1 Å². The fraction of sp³-hybridized carbons (Fsp3) is 0.455. The molecular weight excluding hydrogens is 410 g/mol. The smallest absolute Gasteiger partial charge is 0.372 e. The molecule has 0 aromatic heterocycles. The predicted octanol–water partition coefficient (Wildman–Crippen LogP) is 6.51. The summed E-state index contributed by atoms with van der Waals surface area (Å²) in [4.78, 5) is 0. The number of halogens is 6. The van der Waals surface area contributed by atoms with Crippen LogP contribution in [0.1, 0.15) is 43.7 Å². The third-order valence-corrected chi connectivity index (χ3v) is 5.77. The third kappa shape index (κ3) is 3.83. The molecular formula is C22H22F6O2. The maximum atomic E-state index is 13.1. The van der Waals surface area contributed by atoms with Gasteiger partial charge in [0.1, 0.15) is 0 Å². The van der Waals surface area contributed by atoms with E-state index in [1.54, 1.807) is 18.2 Å². The van der Waals surface area contributed by atoms with Gasteiger partial charge in [0.25, 0.3) is 5.60 Å². The fourth-order valence-corrected chi connectivity index (χ4v) is 3.97. The van der Waals surface area contributed by atoms with Crippen molar-refractivity contribution >= 4 is 16.3 Å². The Kier molecular flexibility index (Phi) is 5.71. The Morgan fingerprint density at radius 2 is 1.63 bits per heavy atom. The van der Waals surface area contributed by atoms with Gasteiger partial charge in [-0.1, -0.05) is 55.3 Å². The SMILES string of the molecule is C=C(C)c1cccc2cc(C3(OCC(O)(C(F)(F)F)C(F)(F)F)CCCC3)ccc12. The van der Waals surface area contributed by atoms with E-state index in [9.17, 15) is 31.4 Å². The topological polar surface area (TPSA) is 29.5 Å². The lowest BCUT2D eigenvalue weighted by molar-refractivity contribution is -0.383. The number of hydrogen-bond donors (Lipinski definition) is 1.